The molecule has 0 bridgehead atoms. The van der Waals surface area contributed by atoms with Gasteiger partial charge in [0.15, 0.2) is 5.82 Å². The van der Waals surface area contributed by atoms with E-state index in [2.05, 4.69) is 15.2 Å². The number of aromatic nitrogens is 4. The van der Waals surface area contributed by atoms with Crippen molar-refractivity contribution in [3.05, 3.63) is 36.3 Å². The van der Waals surface area contributed by atoms with Crippen LogP contribution >= 0.6 is 0 Å². The first-order valence-electron chi connectivity index (χ1n) is 3.65. The SMILES string of the molecule is Cc1ccnc(-n2nccn2)c1. The van der Waals surface area contributed by atoms with Gasteiger partial charge in [-0.3, -0.25) is 0 Å². The highest BCUT2D eigenvalue weighted by Gasteiger charge is 1.96. The minimum atomic E-state index is 0.750. The smallest absolute Gasteiger partial charge is 0.174 e. The Labute approximate surface area is 69.9 Å². The lowest BCUT2D eigenvalue weighted by atomic mass is 10.3. The highest BCUT2D eigenvalue weighted by atomic mass is 15.5. The van der Waals surface area contributed by atoms with Crippen LogP contribution in [0.4, 0.5) is 0 Å². The van der Waals surface area contributed by atoms with E-state index in [1.54, 1.807) is 18.6 Å². The quantitative estimate of drug-likeness (QED) is 0.624. The zero-order valence-corrected chi connectivity index (χ0v) is 6.68. The van der Waals surface area contributed by atoms with E-state index in [4.69, 9.17) is 0 Å². The monoisotopic (exact) mass is 160 g/mol. The van der Waals surface area contributed by atoms with Gasteiger partial charge in [-0.15, -0.1) is 4.80 Å². The van der Waals surface area contributed by atoms with Crippen molar-refractivity contribution in [2.75, 3.05) is 0 Å². The van der Waals surface area contributed by atoms with E-state index >= 15 is 0 Å². The zero-order valence-electron chi connectivity index (χ0n) is 6.68. The molecule has 2 aromatic heterocycles. The number of pyridine rings is 1. The third-order valence-electron chi connectivity index (χ3n) is 1.52. The van der Waals surface area contributed by atoms with Crippen LogP contribution in [0.25, 0.3) is 5.82 Å². The van der Waals surface area contributed by atoms with Gasteiger partial charge in [-0.2, -0.15) is 10.2 Å². The molecule has 0 fully saturated rings. The molecule has 0 amide bonds. The lowest BCUT2D eigenvalue weighted by molar-refractivity contribution is 0.728. The Morgan fingerprint density at radius 3 is 2.58 bits per heavy atom. The van der Waals surface area contributed by atoms with Gasteiger partial charge in [-0.25, -0.2) is 4.98 Å². The first-order valence-corrected chi connectivity index (χ1v) is 3.65. The summed E-state index contributed by atoms with van der Waals surface area (Å²) in [6.45, 7) is 2.01. The molecule has 60 valence electrons. The summed E-state index contributed by atoms with van der Waals surface area (Å²) >= 11 is 0. The number of rotatable bonds is 1. The number of aryl methyl sites for hydroxylation is 1. The van der Waals surface area contributed by atoms with Crippen LogP contribution < -0.4 is 0 Å². The van der Waals surface area contributed by atoms with Gasteiger partial charge in [0.2, 0.25) is 0 Å². The summed E-state index contributed by atoms with van der Waals surface area (Å²) in [7, 11) is 0. The van der Waals surface area contributed by atoms with Crippen LogP contribution in [0.1, 0.15) is 5.56 Å². The van der Waals surface area contributed by atoms with Crippen molar-refractivity contribution in [1.82, 2.24) is 20.0 Å². The second-order valence-corrected chi connectivity index (χ2v) is 2.51. The first kappa shape index (κ1) is 6.97. The average molecular weight is 160 g/mol. The molecule has 4 heteroatoms. The molecule has 0 aromatic carbocycles. The fourth-order valence-electron chi connectivity index (χ4n) is 0.964. The van der Waals surface area contributed by atoms with Gasteiger partial charge in [0, 0.05) is 6.20 Å². The van der Waals surface area contributed by atoms with Crippen molar-refractivity contribution in [3.63, 3.8) is 0 Å². The zero-order chi connectivity index (χ0) is 8.39. The molecule has 0 aliphatic carbocycles. The molecule has 0 N–H and O–H groups in total. The summed E-state index contributed by atoms with van der Waals surface area (Å²) in [5.41, 5.74) is 1.15. The van der Waals surface area contributed by atoms with Crippen LogP contribution in [0, 0.1) is 6.92 Å². The molecule has 0 aliphatic heterocycles. The number of nitrogens with zero attached hydrogens (tertiary/aromatic N) is 4. The van der Waals surface area contributed by atoms with E-state index in [-0.39, 0.29) is 0 Å². The van der Waals surface area contributed by atoms with Gasteiger partial charge >= 0.3 is 0 Å². The largest absolute Gasteiger partial charge is 0.236 e. The fourth-order valence-corrected chi connectivity index (χ4v) is 0.964. The van der Waals surface area contributed by atoms with E-state index in [0.29, 0.717) is 0 Å². The van der Waals surface area contributed by atoms with E-state index in [0.717, 1.165) is 11.4 Å². The van der Waals surface area contributed by atoms with Crippen LogP contribution in [-0.4, -0.2) is 20.0 Å². The Morgan fingerprint density at radius 2 is 1.92 bits per heavy atom. The Balaban J connectivity index is 2.48. The summed E-state index contributed by atoms with van der Waals surface area (Å²) in [6.07, 6.45) is 5.00. The minimum absolute atomic E-state index is 0.750. The lowest BCUT2D eigenvalue weighted by Gasteiger charge is -1.97. The van der Waals surface area contributed by atoms with Crippen LogP contribution in [0.5, 0.6) is 0 Å². The molecule has 2 aromatic rings. The molecule has 2 heterocycles. The van der Waals surface area contributed by atoms with E-state index < -0.39 is 0 Å². The second kappa shape index (κ2) is 2.73. The molecule has 2 rings (SSSR count). The van der Waals surface area contributed by atoms with Crippen LogP contribution in [0.3, 0.4) is 0 Å². The van der Waals surface area contributed by atoms with Gasteiger partial charge in [0.1, 0.15) is 0 Å². The standard InChI is InChI=1S/C8H8N4/c1-7-2-3-9-8(6-7)12-10-4-5-11-12/h2-6H,1H3. The second-order valence-electron chi connectivity index (χ2n) is 2.51. The van der Waals surface area contributed by atoms with Gasteiger partial charge in [0.25, 0.3) is 0 Å². The topological polar surface area (TPSA) is 43.6 Å². The minimum Gasteiger partial charge on any atom is -0.236 e. The van der Waals surface area contributed by atoms with E-state index in [9.17, 15) is 0 Å². The Bertz CT molecular complexity index is 366. The number of hydrogen-bond acceptors (Lipinski definition) is 3. The highest BCUT2D eigenvalue weighted by Crippen LogP contribution is 2.02. The van der Waals surface area contributed by atoms with E-state index in [1.807, 2.05) is 19.1 Å². The van der Waals surface area contributed by atoms with Gasteiger partial charge in [0.05, 0.1) is 12.4 Å². The summed E-state index contributed by atoms with van der Waals surface area (Å²) in [4.78, 5) is 5.61. The predicted octanol–water partition coefficient (Wildman–Crippen LogP) is 0.971. The maximum Gasteiger partial charge on any atom is 0.174 e. The molecule has 0 saturated carbocycles. The first-order chi connectivity index (χ1) is 5.86. The average Bonchev–Trinajstić information content (AvgIpc) is 2.56. The van der Waals surface area contributed by atoms with Gasteiger partial charge in [-0.05, 0) is 24.6 Å². The molecule has 0 radical (unpaired) electrons. The highest BCUT2D eigenvalue weighted by molar-refractivity contribution is 5.24. The normalized spacial score (nSPS) is 10.1. The molecular formula is C8H8N4. The Hall–Kier alpha value is -1.71. The van der Waals surface area contributed by atoms with E-state index in [1.165, 1.54) is 4.80 Å². The van der Waals surface area contributed by atoms with Crippen LogP contribution in [0.15, 0.2) is 30.7 Å². The lowest BCUT2D eigenvalue weighted by Crippen LogP contribution is -2.00. The molecule has 0 aliphatic rings. The van der Waals surface area contributed by atoms with Crippen LogP contribution in [0.2, 0.25) is 0 Å². The molecule has 0 atom stereocenters. The van der Waals surface area contributed by atoms with Crippen molar-refractivity contribution >= 4 is 0 Å². The Morgan fingerprint density at radius 1 is 1.17 bits per heavy atom. The molecule has 4 nitrogen and oxygen atoms in total. The fraction of sp³-hybridized carbons (Fsp3) is 0.125. The van der Waals surface area contributed by atoms with Crippen LogP contribution in [-0.2, 0) is 0 Å². The number of hydrogen-bond donors (Lipinski definition) is 0. The third kappa shape index (κ3) is 1.18. The molecule has 12 heavy (non-hydrogen) atoms. The van der Waals surface area contributed by atoms with Gasteiger partial charge in [-0.1, -0.05) is 0 Å². The maximum absolute atomic E-state index is 4.12. The molecule has 0 saturated heterocycles. The Kier molecular flexibility index (Phi) is 1.59. The molecule has 0 unspecified atom stereocenters. The molecular weight excluding hydrogens is 152 g/mol. The predicted molar refractivity (Wildman–Crippen MR) is 43.9 cm³/mol. The maximum atomic E-state index is 4.12. The molecule has 0 spiro atoms. The van der Waals surface area contributed by atoms with Gasteiger partial charge < -0.3 is 0 Å². The van der Waals surface area contributed by atoms with Crippen molar-refractivity contribution in [2.24, 2.45) is 0 Å². The van der Waals surface area contributed by atoms with Crippen molar-refractivity contribution in [2.45, 2.75) is 6.92 Å². The summed E-state index contributed by atoms with van der Waals surface area (Å²) in [5, 5.41) is 7.94. The van der Waals surface area contributed by atoms with Crippen molar-refractivity contribution in [1.29, 1.82) is 0 Å². The summed E-state index contributed by atoms with van der Waals surface area (Å²) < 4.78 is 0. The van der Waals surface area contributed by atoms with Crippen molar-refractivity contribution in [3.8, 4) is 5.82 Å². The van der Waals surface area contributed by atoms with Crippen molar-refractivity contribution < 1.29 is 0 Å². The summed E-state index contributed by atoms with van der Waals surface area (Å²) in [6, 6.07) is 3.87. The summed E-state index contributed by atoms with van der Waals surface area (Å²) in [5.74, 6) is 0.750. The third-order valence-corrected chi connectivity index (χ3v) is 1.52.